The molecule has 0 spiro atoms. The standard InChI is InChI=1S/C27H29N3O7/c31-26-24-2-1-3-25(30-24)27(32)29-21-6-10-23(11-7-21)37-19-17-35-15-13-33-12-14-34-16-18-36-22-8-4-20(28-26)5-9-22/h1-11H,12-19H2,(H,28,31)(H,29,32). The van der Waals surface area contributed by atoms with Crippen molar-refractivity contribution in [2.75, 3.05) is 63.5 Å². The van der Waals surface area contributed by atoms with Gasteiger partial charge in [-0.2, -0.15) is 0 Å². The number of nitrogens with one attached hydrogen (secondary N) is 2. The largest absolute Gasteiger partial charge is 0.491 e. The van der Waals surface area contributed by atoms with Crippen LogP contribution in [-0.4, -0.2) is 69.7 Å². The third kappa shape index (κ3) is 8.57. The van der Waals surface area contributed by atoms with Crippen LogP contribution in [0.1, 0.15) is 21.0 Å². The van der Waals surface area contributed by atoms with Gasteiger partial charge in [0.15, 0.2) is 0 Å². The lowest BCUT2D eigenvalue weighted by Gasteiger charge is -2.11. The van der Waals surface area contributed by atoms with Crippen LogP contribution in [0.5, 0.6) is 11.5 Å². The molecule has 194 valence electrons. The van der Waals surface area contributed by atoms with Crippen LogP contribution in [0.15, 0.2) is 66.7 Å². The summed E-state index contributed by atoms with van der Waals surface area (Å²) >= 11 is 0. The maximum absolute atomic E-state index is 12.7. The van der Waals surface area contributed by atoms with Crippen LogP contribution in [0, 0.1) is 0 Å². The van der Waals surface area contributed by atoms with Crippen LogP contribution in [0.2, 0.25) is 0 Å². The van der Waals surface area contributed by atoms with Gasteiger partial charge in [0, 0.05) is 11.4 Å². The van der Waals surface area contributed by atoms with Gasteiger partial charge in [-0.1, -0.05) is 6.07 Å². The van der Waals surface area contributed by atoms with Crippen LogP contribution in [0.4, 0.5) is 11.4 Å². The van der Waals surface area contributed by atoms with Gasteiger partial charge in [0.1, 0.15) is 36.1 Å². The molecule has 0 aliphatic carbocycles. The zero-order valence-electron chi connectivity index (χ0n) is 20.3. The van der Waals surface area contributed by atoms with Crippen molar-refractivity contribution >= 4 is 23.2 Å². The number of rotatable bonds is 0. The molecule has 6 rings (SSSR count). The van der Waals surface area contributed by atoms with Crippen molar-refractivity contribution in [3.05, 3.63) is 78.1 Å². The summed E-state index contributed by atoms with van der Waals surface area (Å²) in [6.07, 6.45) is 0. The fraction of sp³-hybridized carbons (Fsp3) is 0.296. The maximum Gasteiger partial charge on any atom is 0.274 e. The van der Waals surface area contributed by atoms with E-state index in [1.165, 1.54) is 0 Å². The molecule has 2 amide bonds. The lowest BCUT2D eigenvalue weighted by molar-refractivity contribution is 0.00499. The predicted molar refractivity (Wildman–Crippen MR) is 136 cm³/mol. The van der Waals surface area contributed by atoms with E-state index < -0.39 is 11.8 Å². The molecule has 10 heteroatoms. The first-order valence-corrected chi connectivity index (χ1v) is 12.0. The Hall–Kier alpha value is -3.99. The molecule has 3 aliphatic heterocycles. The summed E-state index contributed by atoms with van der Waals surface area (Å²) in [5.74, 6) is 0.434. The second-order valence-electron chi connectivity index (χ2n) is 7.90. The molecule has 3 aromatic rings. The Morgan fingerprint density at radius 3 is 1.30 bits per heavy atom. The smallest absolute Gasteiger partial charge is 0.274 e. The van der Waals surface area contributed by atoms with E-state index in [0.29, 0.717) is 75.7 Å². The van der Waals surface area contributed by atoms with E-state index in [9.17, 15) is 9.59 Å². The Balaban J connectivity index is 1.41. The van der Waals surface area contributed by atoms with Gasteiger partial charge >= 0.3 is 0 Å². The molecule has 6 bridgehead atoms. The summed E-state index contributed by atoms with van der Waals surface area (Å²) in [5.41, 5.74) is 1.38. The number of hydrogen-bond donors (Lipinski definition) is 2. The minimum Gasteiger partial charge on any atom is -0.491 e. The fourth-order valence-electron chi connectivity index (χ4n) is 3.33. The number of amides is 2. The summed E-state index contributed by atoms with van der Waals surface area (Å²) in [6, 6.07) is 18.6. The van der Waals surface area contributed by atoms with Crippen LogP contribution < -0.4 is 20.1 Å². The molecule has 0 unspecified atom stereocenters. The van der Waals surface area contributed by atoms with Crippen molar-refractivity contribution in [1.29, 1.82) is 0 Å². The molecule has 1 aromatic heterocycles. The van der Waals surface area contributed by atoms with E-state index in [1.54, 1.807) is 66.7 Å². The molecule has 37 heavy (non-hydrogen) atoms. The molecule has 0 atom stereocenters. The second-order valence-corrected chi connectivity index (χ2v) is 7.90. The molecule has 2 N–H and O–H groups in total. The summed E-state index contributed by atoms with van der Waals surface area (Å²) in [6.45, 7) is 3.47. The zero-order chi connectivity index (χ0) is 25.7. The Morgan fingerprint density at radius 2 is 0.892 bits per heavy atom. The molecule has 10 nitrogen and oxygen atoms in total. The van der Waals surface area contributed by atoms with E-state index in [-0.39, 0.29) is 11.4 Å². The maximum atomic E-state index is 12.7. The molecule has 3 aliphatic rings. The quantitative estimate of drug-likeness (QED) is 0.476. The molecule has 0 saturated heterocycles. The van der Waals surface area contributed by atoms with Crippen LogP contribution in [0.25, 0.3) is 0 Å². The summed E-state index contributed by atoms with van der Waals surface area (Å²) in [7, 11) is 0. The van der Waals surface area contributed by atoms with Gasteiger partial charge in [-0.15, -0.1) is 0 Å². The van der Waals surface area contributed by atoms with Gasteiger partial charge in [-0.05, 0) is 60.7 Å². The highest BCUT2D eigenvalue weighted by Gasteiger charge is 2.13. The van der Waals surface area contributed by atoms with Crippen molar-refractivity contribution in [1.82, 2.24) is 4.98 Å². The average molecular weight is 508 g/mol. The Bertz CT molecular complexity index is 1070. The highest BCUT2D eigenvalue weighted by Crippen LogP contribution is 2.18. The SMILES string of the molecule is O=C1Nc2ccc(cc2)OCCOCCOCCOCCOc2ccc(cc2)NC(=O)c2cccc1n2. The number of benzene rings is 2. The fourth-order valence-corrected chi connectivity index (χ4v) is 3.33. The first kappa shape index (κ1) is 26.1. The van der Waals surface area contributed by atoms with E-state index in [1.807, 2.05) is 0 Å². The number of carbonyl (C=O) groups is 2. The molecule has 0 radical (unpaired) electrons. The number of carbonyl (C=O) groups excluding carboxylic acids is 2. The Morgan fingerprint density at radius 1 is 0.514 bits per heavy atom. The Labute approximate surface area is 214 Å². The third-order valence-corrected chi connectivity index (χ3v) is 5.18. The number of ether oxygens (including phenoxy) is 5. The van der Waals surface area contributed by atoms with Gasteiger partial charge in [0.25, 0.3) is 11.8 Å². The highest BCUT2D eigenvalue weighted by atomic mass is 16.6. The second kappa shape index (κ2) is 13.9. The summed E-state index contributed by atoms with van der Waals surface area (Å²) in [5, 5.41) is 5.55. The van der Waals surface area contributed by atoms with E-state index in [4.69, 9.17) is 23.7 Å². The molecule has 0 saturated carbocycles. The molecule has 2 aromatic carbocycles. The molecular weight excluding hydrogens is 478 g/mol. The van der Waals surface area contributed by atoms with Crippen molar-refractivity contribution < 1.29 is 33.3 Å². The minimum atomic E-state index is -0.433. The van der Waals surface area contributed by atoms with Crippen molar-refractivity contribution in [3.8, 4) is 11.5 Å². The number of anilines is 2. The topological polar surface area (TPSA) is 117 Å². The summed E-state index contributed by atoms with van der Waals surface area (Å²) < 4.78 is 27.8. The first-order chi connectivity index (χ1) is 18.2. The zero-order valence-corrected chi connectivity index (χ0v) is 20.3. The van der Waals surface area contributed by atoms with Gasteiger partial charge in [0.2, 0.25) is 0 Å². The van der Waals surface area contributed by atoms with Gasteiger partial charge in [-0.3, -0.25) is 9.59 Å². The van der Waals surface area contributed by atoms with Crippen LogP contribution >= 0.6 is 0 Å². The average Bonchev–Trinajstić information content (AvgIpc) is 2.92. The molecular formula is C27H29N3O7. The van der Waals surface area contributed by atoms with Crippen LogP contribution in [-0.2, 0) is 14.2 Å². The van der Waals surface area contributed by atoms with Gasteiger partial charge in [0.05, 0.1) is 39.6 Å². The lowest BCUT2D eigenvalue weighted by atomic mass is 10.2. The predicted octanol–water partition coefficient (Wildman–Crippen LogP) is 3.41. The van der Waals surface area contributed by atoms with Gasteiger partial charge < -0.3 is 34.3 Å². The summed E-state index contributed by atoms with van der Waals surface area (Å²) in [4.78, 5) is 29.6. The number of fused-ring (bicyclic) bond motifs is 2. The minimum absolute atomic E-state index is 0.119. The lowest BCUT2D eigenvalue weighted by Crippen LogP contribution is -2.18. The van der Waals surface area contributed by atoms with Crippen molar-refractivity contribution in [2.24, 2.45) is 0 Å². The number of nitrogens with zero attached hydrogens (tertiary/aromatic N) is 1. The van der Waals surface area contributed by atoms with Crippen LogP contribution in [0.3, 0.4) is 0 Å². The molecule has 4 heterocycles. The van der Waals surface area contributed by atoms with Crippen molar-refractivity contribution in [2.45, 2.75) is 0 Å². The molecule has 0 fully saturated rings. The van der Waals surface area contributed by atoms with Gasteiger partial charge in [-0.25, -0.2) is 4.98 Å². The number of aromatic nitrogens is 1. The van der Waals surface area contributed by atoms with E-state index >= 15 is 0 Å². The number of hydrogen-bond acceptors (Lipinski definition) is 8. The monoisotopic (exact) mass is 507 g/mol. The van der Waals surface area contributed by atoms with Crippen molar-refractivity contribution in [3.63, 3.8) is 0 Å². The third-order valence-electron chi connectivity index (χ3n) is 5.18. The van der Waals surface area contributed by atoms with E-state index in [0.717, 1.165) is 0 Å². The van der Waals surface area contributed by atoms with E-state index in [2.05, 4.69) is 15.6 Å². The normalized spacial score (nSPS) is 16.4. The highest BCUT2D eigenvalue weighted by molar-refractivity contribution is 6.06. The first-order valence-electron chi connectivity index (χ1n) is 12.0. The Kier molecular flexibility index (Phi) is 9.82. The number of pyridine rings is 1.